The fraction of sp³-hybridized carbons (Fsp3) is 0.524. The number of nitrogen functional groups attached to an aromatic ring is 2. The number of nitrogens with two attached hydrogens (primary N) is 2. The molecule has 2 fully saturated rings. The van der Waals surface area contributed by atoms with Crippen molar-refractivity contribution in [3.8, 4) is 0 Å². The van der Waals surface area contributed by atoms with E-state index in [0.29, 0.717) is 22.5 Å². The molecule has 2 aliphatic heterocycles. The van der Waals surface area contributed by atoms with E-state index in [2.05, 4.69) is 29.9 Å². The molecule has 0 saturated carbocycles. The molecule has 0 amide bonds. The number of halogens is 1. The van der Waals surface area contributed by atoms with Gasteiger partial charge in [0, 0.05) is 0 Å². The lowest BCUT2D eigenvalue weighted by molar-refractivity contribution is -0.0511. The molecule has 2 saturated heterocycles. The summed E-state index contributed by atoms with van der Waals surface area (Å²) in [7, 11) is 0. The van der Waals surface area contributed by atoms with Gasteiger partial charge < -0.3 is 51.6 Å². The Kier molecular flexibility index (Phi) is 7.70. The Labute approximate surface area is 229 Å². The van der Waals surface area contributed by atoms with Crippen molar-refractivity contribution in [3.05, 3.63) is 23.8 Å². The SMILES string of the molecule is Cc1nc(N)c2ncn([C@@H]3O[C@H](CO)C(O)[C@@H]3O)c2n1.Nc1nc(Cl)nc2c1ncn2[C@@H]1O[C@H](CO)C(O)[C@@H]1O. The number of imidazole rings is 2. The van der Waals surface area contributed by atoms with Crippen LogP contribution in [0, 0.1) is 6.92 Å². The fourth-order valence-electron chi connectivity index (χ4n) is 4.55. The van der Waals surface area contributed by atoms with Crippen molar-refractivity contribution in [3.63, 3.8) is 0 Å². The van der Waals surface area contributed by atoms with Gasteiger partial charge >= 0.3 is 0 Å². The Morgan fingerprint density at radius 1 is 0.750 bits per heavy atom. The third-order valence-electron chi connectivity index (χ3n) is 6.56. The molecular weight excluding hydrogens is 556 g/mol. The first-order valence-electron chi connectivity index (χ1n) is 11.9. The summed E-state index contributed by atoms with van der Waals surface area (Å²) < 4.78 is 13.7. The minimum atomic E-state index is -1.24. The Balaban J connectivity index is 0.000000161. The minimum absolute atomic E-state index is 0.0662. The zero-order chi connectivity index (χ0) is 28.9. The number of fused-ring (bicyclic) bond motifs is 2. The molecule has 0 spiro atoms. The molecule has 2 aliphatic rings. The molecular formula is C21H27ClN10O8. The number of ether oxygens (including phenoxy) is 2. The molecule has 4 aromatic rings. The molecule has 4 aromatic heterocycles. The van der Waals surface area contributed by atoms with Gasteiger partial charge in [-0.1, -0.05) is 0 Å². The van der Waals surface area contributed by atoms with Gasteiger partial charge in [-0.25, -0.2) is 19.9 Å². The van der Waals surface area contributed by atoms with E-state index in [9.17, 15) is 20.4 Å². The molecule has 40 heavy (non-hydrogen) atoms. The molecule has 216 valence electrons. The van der Waals surface area contributed by atoms with Gasteiger partial charge in [0.2, 0.25) is 5.28 Å². The number of aromatic nitrogens is 8. The van der Waals surface area contributed by atoms with Gasteiger partial charge in [-0.05, 0) is 18.5 Å². The van der Waals surface area contributed by atoms with Gasteiger partial charge in [0.05, 0.1) is 25.9 Å². The highest BCUT2D eigenvalue weighted by atomic mass is 35.5. The third kappa shape index (κ3) is 4.78. The quantitative estimate of drug-likeness (QED) is 0.111. The summed E-state index contributed by atoms with van der Waals surface area (Å²) in [6.45, 7) is 0.876. The third-order valence-corrected chi connectivity index (χ3v) is 6.73. The molecule has 10 N–H and O–H groups in total. The van der Waals surface area contributed by atoms with Crippen molar-refractivity contribution in [2.45, 2.75) is 56.0 Å². The topological polar surface area (TPSA) is 279 Å². The number of hydrogen-bond acceptors (Lipinski definition) is 16. The highest BCUT2D eigenvalue weighted by Crippen LogP contribution is 2.33. The first-order chi connectivity index (χ1) is 19.0. The molecule has 18 nitrogen and oxygen atoms in total. The summed E-state index contributed by atoms with van der Waals surface area (Å²) in [5.74, 6) is 0.798. The highest BCUT2D eigenvalue weighted by Gasteiger charge is 2.45. The van der Waals surface area contributed by atoms with Crippen LogP contribution in [0.2, 0.25) is 5.28 Å². The van der Waals surface area contributed by atoms with Crippen LogP contribution in [-0.4, -0.2) is 120 Å². The van der Waals surface area contributed by atoms with Gasteiger partial charge in [-0.2, -0.15) is 9.97 Å². The lowest BCUT2D eigenvalue weighted by Crippen LogP contribution is -2.33. The van der Waals surface area contributed by atoms with E-state index < -0.39 is 62.3 Å². The van der Waals surface area contributed by atoms with Crippen LogP contribution in [0.5, 0.6) is 0 Å². The number of rotatable bonds is 4. The molecule has 0 bridgehead atoms. The van der Waals surface area contributed by atoms with Crippen molar-refractivity contribution < 1.29 is 40.1 Å². The molecule has 0 aromatic carbocycles. The average molecular weight is 583 g/mol. The van der Waals surface area contributed by atoms with E-state index in [1.54, 1.807) is 6.92 Å². The smallest absolute Gasteiger partial charge is 0.226 e. The maximum atomic E-state index is 10.0. The number of anilines is 2. The Morgan fingerprint density at radius 2 is 1.20 bits per heavy atom. The fourth-order valence-corrected chi connectivity index (χ4v) is 4.73. The first-order valence-corrected chi connectivity index (χ1v) is 12.3. The normalized spacial score (nSPS) is 30.2. The van der Waals surface area contributed by atoms with Crippen molar-refractivity contribution in [1.82, 2.24) is 39.0 Å². The molecule has 0 aliphatic carbocycles. The lowest BCUT2D eigenvalue weighted by atomic mass is 10.1. The number of aliphatic hydroxyl groups is 6. The minimum Gasteiger partial charge on any atom is -0.394 e. The van der Waals surface area contributed by atoms with Gasteiger partial charge in [0.1, 0.15) is 53.5 Å². The predicted molar refractivity (Wildman–Crippen MR) is 135 cm³/mol. The van der Waals surface area contributed by atoms with Crippen molar-refractivity contribution in [1.29, 1.82) is 0 Å². The number of aryl methyl sites for hydroxylation is 1. The zero-order valence-electron chi connectivity index (χ0n) is 20.8. The first kappa shape index (κ1) is 28.2. The standard InChI is InChI=1S/C11H15N5O4.C10H12ClN5O4/c1-4-14-9(12)6-10(15-4)16(3-13-6)11-8(19)7(18)5(2-17)20-11;11-10-14-7(12)4-8(15-10)16(2-13-4)9-6(19)5(18)3(1-17)20-9/h3,5,7-8,11,17-19H,2H2,1H3,(H2,12,14,15);2-3,5-6,9,17-19H,1H2,(H2,12,14,15)/t5-,7?,8+,11-;3-,5?,6+,9-/m11/s1. The van der Waals surface area contributed by atoms with Crippen LogP contribution in [-0.2, 0) is 9.47 Å². The second-order valence-corrected chi connectivity index (χ2v) is 9.48. The summed E-state index contributed by atoms with van der Waals surface area (Å²) in [5, 5.41) is 57.7. The molecule has 0 radical (unpaired) electrons. The van der Waals surface area contributed by atoms with Crippen LogP contribution in [0.3, 0.4) is 0 Å². The Hall–Kier alpha value is -3.33. The van der Waals surface area contributed by atoms with E-state index in [-0.39, 0.29) is 22.6 Å². The van der Waals surface area contributed by atoms with Gasteiger partial charge in [0.15, 0.2) is 35.4 Å². The van der Waals surface area contributed by atoms with E-state index in [4.69, 9.17) is 42.8 Å². The number of hydrogen-bond donors (Lipinski definition) is 8. The van der Waals surface area contributed by atoms with Crippen LogP contribution in [0.4, 0.5) is 11.6 Å². The lowest BCUT2D eigenvalue weighted by Gasteiger charge is -2.16. The van der Waals surface area contributed by atoms with Gasteiger partial charge in [-0.15, -0.1) is 0 Å². The summed E-state index contributed by atoms with van der Waals surface area (Å²) in [6, 6.07) is 0. The Bertz CT molecular complexity index is 1410. The van der Waals surface area contributed by atoms with Crippen LogP contribution in [0.15, 0.2) is 12.7 Å². The summed E-state index contributed by atoms with van der Waals surface area (Å²) in [5.41, 5.74) is 12.8. The molecule has 6 rings (SSSR count). The largest absolute Gasteiger partial charge is 0.394 e. The van der Waals surface area contributed by atoms with E-state index in [1.807, 2.05) is 0 Å². The number of nitrogens with zero attached hydrogens (tertiary/aromatic N) is 8. The molecule has 19 heteroatoms. The monoisotopic (exact) mass is 582 g/mol. The van der Waals surface area contributed by atoms with Crippen LogP contribution < -0.4 is 11.5 Å². The Morgan fingerprint density at radius 3 is 1.65 bits per heavy atom. The maximum absolute atomic E-state index is 10.0. The van der Waals surface area contributed by atoms with Crippen molar-refractivity contribution in [2.24, 2.45) is 0 Å². The second-order valence-electron chi connectivity index (χ2n) is 9.14. The van der Waals surface area contributed by atoms with Gasteiger partial charge in [0.25, 0.3) is 0 Å². The molecule has 2 unspecified atom stereocenters. The highest BCUT2D eigenvalue weighted by molar-refractivity contribution is 6.28. The van der Waals surface area contributed by atoms with Crippen molar-refractivity contribution in [2.75, 3.05) is 24.7 Å². The molecule has 8 atom stereocenters. The van der Waals surface area contributed by atoms with E-state index in [0.717, 1.165) is 0 Å². The average Bonchev–Trinajstić information content (AvgIpc) is 3.66. The van der Waals surface area contributed by atoms with Gasteiger partial charge in [-0.3, -0.25) is 9.13 Å². The van der Waals surface area contributed by atoms with E-state index >= 15 is 0 Å². The molecule has 6 heterocycles. The number of aliphatic hydroxyl groups excluding tert-OH is 6. The maximum Gasteiger partial charge on any atom is 0.226 e. The van der Waals surface area contributed by atoms with Crippen LogP contribution in [0.1, 0.15) is 18.3 Å². The van der Waals surface area contributed by atoms with Crippen molar-refractivity contribution >= 4 is 45.6 Å². The van der Waals surface area contributed by atoms with Crippen LogP contribution >= 0.6 is 11.6 Å². The summed E-state index contributed by atoms with van der Waals surface area (Å²) in [6.07, 6.45) is -5.63. The zero-order valence-corrected chi connectivity index (χ0v) is 21.6. The summed E-state index contributed by atoms with van der Waals surface area (Å²) >= 11 is 5.74. The predicted octanol–water partition coefficient (Wildman–Crippen LogP) is -3.00. The van der Waals surface area contributed by atoms with E-state index in [1.165, 1.54) is 21.8 Å². The van der Waals surface area contributed by atoms with Crippen LogP contribution in [0.25, 0.3) is 22.3 Å². The second kappa shape index (κ2) is 10.9. The summed E-state index contributed by atoms with van der Waals surface area (Å²) in [4.78, 5) is 24.1.